The van der Waals surface area contributed by atoms with Crippen molar-refractivity contribution in [3.63, 3.8) is 0 Å². The molecule has 0 radical (unpaired) electrons. The highest BCUT2D eigenvalue weighted by Crippen LogP contribution is 2.23. The van der Waals surface area contributed by atoms with Crippen LogP contribution >= 0.6 is 11.6 Å². The van der Waals surface area contributed by atoms with Gasteiger partial charge in [-0.1, -0.05) is 72.3 Å². The molecule has 30 heavy (non-hydrogen) atoms. The molecule has 1 aromatic heterocycles. The average Bonchev–Trinajstić information content (AvgIpc) is 3.11. The summed E-state index contributed by atoms with van der Waals surface area (Å²) in [6.45, 7) is 0.587. The molecule has 4 rings (SSSR count). The van der Waals surface area contributed by atoms with Crippen LogP contribution in [-0.4, -0.2) is 23.3 Å². The molecule has 6 heteroatoms. The highest BCUT2D eigenvalue weighted by atomic mass is 35.5. The third kappa shape index (κ3) is 4.70. The van der Waals surface area contributed by atoms with E-state index in [9.17, 15) is 4.79 Å². The molecule has 5 nitrogen and oxygen atoms in total. The average molecular weight is 418 g/mol. The lowest BCUT2D eigenvalue weighted by molar-refractivity contribution is -0.123. The van der Waals surface area contributed by atoms with E-state index in [-0.39, 0.29) is 12.5 Å². The van der Waals surface area contributed by atoms with Crippen LogP contribution in [0.3, 0.4) is 0 Å². The van der Waals surface area contributed by atoms with Gasteiger partial charge in [0, 0.05) is 29.2 Å². The Bertz CT molecular complexity index is 1190. The smallest absolute Gasteiger partial charge is 0.277 e. The van der Waals surface area contributed by atoms with E-state index in [4.69, 9.17) is 16.3 Å². The molecule has 150 valence electrons. The summed E-state index contributed by atoms with van der Waals surface area (Å²) >= 11 is 6.02. The van der Waals surface area contributed by atoms with Crippen molar-refractivity contribution >= 4 is 34.6 Å². The van der Waals surface area contributed by atoms with Crippen molar-refractivity contribution in [2.24, 2.45) is 5.10 Å². The van der Waals surface area contributed by atoms with E-state index in [1.165, 1.54) is 5.56 Å². The number of para-hydroxylation sites is 2. The Morgan fingerprint density at radius 1 is 1.00 bits per heavy atom. The molecule has 0 spiro atoms. The number of aromatic nitrogens is 1. The van der Waals surface area contributed by atoms with Gasteiger partial charge in [0.15, 0.2) is 6.61 Å². The summed E-state index contributed by atoms with van der Waals surface area (Å²) in [5.41, 5.74) is 5.74. The van der Waals surface area contributed by atoms with Crippen LogP contribution in [0.5, 0.6) is 5.75 Å². The number of rotatable bonds is 7. The Balaban J connectivity index is 1.44. The highest BCUT2D eigenvalue weighted by molar-refractivity contribution is 6.32. The van der Waals surface area contributed by atoms with Gasteiger partial charge in [0.1, 0.15) is 5.75 Å². The van der Waals surface area contributed by atoms with Crippen LogP contribution in [0.2, 0.25) is 5.02 Å². The second kappa shape index (κ2) is 9.29. The quantitative estimate of drug-likeness (QED) is 0.344. The second-order valence-electron chi connectivity index (χ2n) is 6.73. The van der Waals surface area contributed by atoms with Crippen molar-refractivity contribution in [1.29, 1.82) is 0 Å². The van der Waals surface area contributed by atoms with E-state index in [0.29, 0.717) is 10.8 Å². The summed E-state index contributed by atoms with van der Waals surface area (Å²) in [5, 5.41) is 5.62. The van der Waals surface area contributed by atoms with Crippen molar-refractivity contribution in [1.82, 2.24) is 9.99 Å². The SMILES string of the molecule is O=C(COc1ccccc1Cl)N/N=C\c1cn(Cc2ccccc2)c2ccccc12. The van der Waals surface area contributed by atoms with Gasteiger partial charge in [-0.05, 0) is 23.8 Å². The number of nitrogens with one attached hydrogen (secondary N) is 1. The first-order chi connectivity index (χ1) is 14.7. The number of ether oxygens (including phenoxy) is 1. The summed E-state index contributed by atoms with van der Waals surface area (Å²) in [5.74, 6) is 0.0986. The predicted octanol–water partition coefficient (Wildman–Crippen LogP) is 4.87. The maximum atomic E-state index is 12.0. The normalized spacial score (nSPS) is 11.1. The first-order valence-electron chi connectivity index (χ1n) is 9.52. The van der Waals surface area contributed by atoms with E-state index in [2.05, 4.69) is 33.3 Å². The van der Waals surface area contributed by atoms with Crippen LogP contribution in [0.1, 0.15) is 11.1 Å². The van der Waals surface area contributed by atoms with Crippen molar-refractivity contribution in [2.75, 3.05) is 6.61 Å². The zero-order chi connectivity index (χ0) is 20.8. The van der Waals surface area contributed by atoms with Gasteiger partial charge in [0.05, 0.1) is 11.2 Å². The largest absolute Gasteiger partial charge is 0.482 e. The molecule has 0 aliphatic carbocycles. The molecule has 3 aromatic carbocycles. The van der Waals surface area contributed by atoms with Crippen LogP contribution in [0.25, 0.3) is 10.9 Å². The molecule has 4 aromatic rings. The summed E-state index contributed by atoms with van der Waals surface area (Å²) in [7, 11) is 0. The lowest BCUT2D eigenvalue weighted by Gasteiger charge is -2.06. The Labute approximate surface area is 179 Å². The molecular formula is C24H20ClN3O2. The summed E-state index contributed by atoms with van der Waals surface area (Å²) in [4.78, 5) is 12.0. The number of hydrogen-bond acceptors (Lipinski definition) is 3. The van der Waals surface area contributed by atoms with Gasteiger partial charge in [-0.15, -0.1) is 0 Å². The topological polar surface area (TPSA) is 55.6 Å². The van der Waals surface area contributed by atoms with E-state index >= 15 is 0 Å². The molecule has 0 aliphatic heterocycles. The maximum absolute atomic E-state index is 12.0. The molecule has 0 fully saturated rings. The van der Waals surface area contributed by atoms with Crippen LogP contribution < -0.4 is 10.2 Å². The fraction of sp³-hybridized carbons (Fsp3) is 0.0833. The Kier molecular flexibility index (Phi) is 6.11. The Morgan fingerprint density at radius 3 is 2.57 bits per heavy atom. The van der Waals surface area contributed by atoms with Crippen LogP contribution in [0, 0.1) is 0 Å². The summed E-state index contributed by atoms with van der Waals surface area (Å²) in [6.07, 6.45) is 3.69. The molecule has 0 atom stereocenters. The van der Waals surface area contributed by atoms with Crippen LogP contribution in [0.15, 0.2) is 90.2 Å². The fourth-order valence-corrected chi connectivity index (χ4v) is 3.39. The maximum Gasteiger partial charge on any atom is 0.277 e. The van der Waals surface area contributed by atoms with Crippen LogP contribution in [-0.2, 0) is 11.3 Å². The van der Waals surface area contributed by atoms with Gasteiger partial charge in [0.2, 0.25) is 0 Å². The minimum Gasteiger partial charge on any atom is -0.482 e. The lowest BCUT2D eigenvalue weighted by Crippen LogP contribution is -2.24. The number of hydrazone groups is 1. The van der Waals surface area contributed by atoms with Gasteiger partial charge >= 0.3 is 0 Å². The fourth-order valence-electron chi connectivity index (χ4n) is 3.20. The zero-order valence-electron chi connectivity index (χ0n) is 16.2. The first-order valence-corrected chi connectivity index (χ1v) is 9.89. The molecule has 0 saturated heterocycles. The van der Waals surface area contributed by atoms with Crippen molar-refractivity contribution in [3.05, 3.63) is 101 Å². The third-order valence-electron chi connectivity index (χ3n) is 4.60. The van der Waals surface area contributed by atoms with E-state index in [1.807, 2.05) is 42.6 Å². The molecule has 0 unspecified atom stereocenters. The summed E-state index contributed by atoms with van der Waals surface area (Å²) in [6, 6.07) is 25.4. The molecule has 1 N–H and O–H groups in total. The van der Waals surface area contributed by atoms with Gasteiger partial charge in [-0.3, -0.25) is 4.79 Å². The van der Waals surface area contributed by atoms with Crippen LogP contribution in [0.4, 0.5) is 0 Å². The van der Waals surface area contributed by atoms with Crippen molar-refractivity contribution in [2.45, 2.75) is 6.54 Å². The molecular weight excluding hydrogens is 398 g/mol. The molecule has 0 bridgehead atoms. The van der Waals surface area contributed by atoms with Gasteiger partial charge in [0.25, 0.3) is 5.91 Å². The number of fused-ring (bicyclic) bond motifs is 1. The number of hydrogen-bond donors (Lipinski definition) is 1. The monoisotopic (exact) mass is 417 g/mol. The highest BCUT2D eigenvalue weighted by Gasteiger charge is 2.08. The summed E-state index contributed by atoms with van der Waals surface area (Å²) < 4.78 is 7.60. The second-order valence-corrected chi connectivity index (χ2v) is 7.13. The minimum absolute atomic E-state index is 0.170. The van der Waals surface area contributed by atoms with Crippen molar-refractivity contribution in [3.8, 4) is 5.75 Å². The Morgan fingerprint density at radius 2 is 1.73 bits per heavy atom. The zero-order valence-corrected chi connectivity index (χ0v) is 16.9. The number of carbonyl (C=O) groups is 1. The molecule has 1 amide bonds. The third-order valence-corrected chi connectivity index (χ3v) is 4.92. The number of benzene rings is 3. The lowest BCUT2D eigenvalue weighted by atomic mass is 10.2. The van der Waals surface area contributed by atoms with Gasteiger partial charge < -0.3 is 9.30 Å². The van der Waals surface area contributed by atoms with E-state index in [1.54, 1.807) is 30.5 Å². The van der Waals surface area contributed by atoms with Crippen molar-refractivity contribution < 1.29 is 9.53 Å². The predicted molar refractivity (Wildman–Crippen MR) is 120 cm³/mol. The number of halogens is 1. The van der Waals surface area contributed by atoms with Gasteiger partial charge in [-0.2, -0.15) is 5.10 Å². The standard InChI is InChI=1S/C24H20ClN3O2/c25-21-11-5-7-13-23(21)30-17-24(29)27-26-14-19-16-28(15-18-8-2-1-3-9-18)22-12-6-4-10-20(19)22/h1-14,16H,15,17H2,(H,27,29)/b26-14-. The van der Waals surface area contributed by atoms with E-state index < -0.39 is 0 Å². The first kappa shape index (κ1) is 19.7. The molecule has 0 aliphatic rings. The number of nitrogens with zero attached hydrogens (tertiary/aromatic N) is 2. The molecule has 1 heterocycles. The Hall–Kier alpha value is -3.57. The number of amides is 1. The molecule has 0 saturated carbocycles. The minimum atomic E-state index is -0.362. The van der Waals surface area contributed by atoms with Gasteiger partial charge in [-0.25, -0.2) is 5.43 Å². The number of carbonyl (C=O) groups excluding carboxylic acids is 1. The van der Waals surface area contributed by atoms with E-state index in [0.717, 1.165) is 23.0 Å².